The number of carbonyl (C=O) groups excluding carboxylic acids is 1. The zero-order chi connectivity index (χ0) is 22.5. The van der Waals surface area contributed by atoms with Gasteiger partial charge in [0.25, 0.3) is 0 Å². The molecule has 9 heteroatoms. The second-order valence-electron chi connectivity index (χ2n) is 6.62. The molecule has 1 unspecified atom stereocenters. The third-order valence-corrected chi connectivity index (χ3v) is 4.23. The molecule has 0 aliphatic rings. The van der Waals surface area contributed by atoms with Crippen molar-refractivity contribution < 1.29 is 23.4 Å². The average Bonchev–Trinajstić information content (AvgIpc) is 2.76. The van der Waals surface area contributed by atoms with Gasteiger partial charge in [-0.15, -0.1) is 0 Å². The summed E-state index contributed by atoms with van der Waals surface area (Å²) in [7, 11) is 0. The minimum atomic E-state index is -2.89. The van der Waals surface area contributed by atoms with Crippen molar-refractivity contribution in [3.8, 4) is 5.75 Å². The van der Waals surface area contributed by atoms with Gasteiger partial charge >= 0.3 is 6.61 Å². The summed E-state index contributed by atoms with van der Waals surface area (Å²) < 4.78 is 28.7. The van der Waals surface area contributed by atoms with Crippen LogP contribution in [0.2, 0.25) is 0 Å². The predicted octanol–water partition coefficient (Wildman–Crippen LogP) is 2.58. The number of hydrogen-bond donors (Lipinski definition) is 4. The minimum absolute atomic E-state index is 0.0231. The Bertz CT molecular complexity index is 817. The molecule has 2 aromatic rings. The zero-order valence-corrected chi connectivity index (χ0v) is 17.4. The van der Waals surface area contributed by atoms with Crippen LogP contribution in [0.15, 0.2) is 59.6 Å². The molecule has 4 N–H and O–H groups in total. The normalized spacial score (nSPS) is 12.4. The summed E-state index contributed by atoms with van der Waals surface area (Å²) in [6, 6.07) is 15.4. The number of ether oxygens (including phenoxy) is 1. The fourth-order valence-corrected chi connectivity index (χ4v) is 2.68. The number of amides is 1. The first kappa shape index (κ1) is 24.1. The Morgan fingerprint density at radius 3 is 2.42 bits per heavy atom. The lowest BCUT2D eigenvalue weighted by Gasteiger charge is -2.14. The van der Waals surface area contributed by atoms with Crippen LogP contribution in [0.1, 0.15) is 30.6 Å². The summed E-state index contributed by atoms with van der Waals surface area (Å²) in [6.45, 7) is 0.534. The van der Waals surface area contributed by atoms with Gasteiger partial charge in [0, 0.05) is 26.1 Å². The number of aliphatic hydroxyl groups excluding tert-OH is 1. The van der Waals surface area contributed by atoms with E-state index in [-0.39, 0.29) is 24.6 Å². The van der Waals surface area contributed by atoms with E-state index in [9.17, 15) is 18.7 Å². The highest BCUT2D eigenvalue weighted by molar-refractivity contribution is 5.81. The van der Waals surface area contributed by atoms with E-state index in [1.807, 2.05) is 37.3 Å². The molecule has 31 heavy (non-hydrogen) atoms. The maximum Gasteiger partial charge on any atom is 0.387 e. The number of nitrogens with one attached hydrogen (secondary N) is 3. The zero-order valence-electron chi connectivity index (χ0n) is 17.4. The molecule has 0 fully saturated rings. The van der Waals surface area contributed by atoms with Crippen LogP contribution in [0, 0.1) is 0 Å². The quantitative estimate of drug-likeness (QED) is 0.322. The van der Waals surface area contributed by atoms with Gasteiger partial charge in [0.2, 0.25) is 5.91 Å². The Morgan fingerprint density at radius 2 is 1.77 bits per heavy atom. The van der Waals surface area contributed by atoms with E-state index in [0.29, 0.717) is 31.2 Å². The lowest BCUT2D eigenvalue weighted by atomic mass is 10.1. The van der Waals surface area contributed by atoms with Gasteiger partial charge in [-0.2, -0.15) is 8.78 Å². The molecule has 1 atom stereocenters. The molecule has 168 valence electrons. The number of nitrogens with zero attached hydrogens (tertiary/aromatic N) is 1. The highest BCUT2D eigenvalue weighted by atomic mass is 19.3. The molecular formula is C22H28F2N4O3. The van der Waals surface area contributed by atoms with Crippen molar-refractivity contribution in [3.05, 3.63) is 65.7 Å². The van der Waals surface area contributed by atoms with Gasteiger partial charge in [-0.05, 0) is 30.2 Å². The van der Waals surface area contributed by atoms with Crippen LogP contribution in [-0.2, 0) is 11.3 Å². The van der Waals surface area contributed by atoms with Gasteiger partial charge in [-0.25, -0.2) is 0 Å². The Labute approximate surface area is 180 Å². The van der Waals surface area contributed by atoms with E-state index in [1.165, 1.54) is 24.3 Å². The van der Waals surface area contributed by atoms with E-state index < -0.39 is 12.7 Å². The molecule has 7 nitrogen and oxygen atoms in total. The van der Waals surface area contributed by atoms with Gasteiger partial charge in [-0.3, -0.25) is 9.79 Å². The van der Waals surface area contributed by atoms with Crippen molar-refractivity contribution in [2.24, 2.45) is 4.99 Å². The van der Waals surface area contributed by atoms with Crippen LogP contribution in [-0.4, -0.2) is 43.2 Å². The molecule has 0 spiro atoms. The topological polar surface area (TPSA) is 95.0 Å². The number of hydrogen-bond acceptors (Lipinski definition) is 4. The third-order valence-electron chi connectivity index (χ3n) is 4.23. The number of guanidine groups is 1. The van der Waals surface area contributed by atoms with Crippen LogP contribution in [0.3, 0.4) is 0 Å². The number of aliphatic imine (C=N–C) groups is 1. The lowest BCUT2D eigenvalue weighted by molar-refractivity contribution is -0.121. The lowest BCUT2D eigenvalue weighted by Crippen LogP contribution is -2.39. The largest absolute Gasteiger partial charge is 0.435 e. The highest BCUT2D eigenvalue weighted by Crippen LogP contribution is 2.19. The number of halogens is 2. The van der Waals surface area contributed by atoms with E-state index in [0.717, 1.165) is 5.56 Å². The van der Waals surface area contributed by atoms with E-state index in [2.05, 4.69) is 25.7 Å². The number of rotatable bonds is 11. The molecule has 0 bridgehead atoms. The van der Waals surface area contributed by atoms with Crippen LogP contribution in [0.4, 0.5) is 8.78 Å². The van der Waals surface area contributed by atoms with E-state index in [1.54, 1.807) is 0 Å². The molecule has 0 saturated carbocycles. The number of carbonyl (C=O) groups is 1. The van der Waals surface area contributed by atoms with Crippen molar-refractivity contribution in [3.63, 3.8) is 0 Å². The monoisotopic (exact) mass is 434 g/mol. The smallest absolute Gasteiger partial charge is 0.387 e. The molecule has 0 aliphatic heterocycles. The summed E-state index contributed by atoms with van der Waals surface area (Å²) in [5, 5.41) is 19.2. The molecule has 0 saturated heterocycles. The van der Waals surface area contributed by atoms with Gasteiger partial charge < -0.3 is 25.8 Å². The van der Waals surface area contributed by atoms with Crippen LogP contribution in [0.25, 0.3) is 0 Å². The predicted molar refractivity (Wildman–Crippen MR) is 115 cm³/mol. The van der Waals surface area contributed by atoms with Crippen LogP contribution in [0.5, 0.6) is 5.75 Å². The second-order valence-corrected chi connectivity index (χ2v) is 6.62. The van der Waals surface area contributed by atoms with Gasteiger partial charge in [-0.1, -0.05) is 42.5 Å². The Hall–Kier alpha value is -3.20. The Kier molecular flexibility index (Phi) is 10.2. The van der Waals surface area contributed by atoms with Gasteiger partial charge in [0.15, 0.2) is 5.96 Å². The SMILES string of the molecule is CCNC(=NCC(O)c1ccc(OC(F)F)cc1)NCCC(=O)NCc1ccccc1. The standard InChI is InChI=1S/C22H28F2N4O3/c1-2-25-22(26-13-12-20(30)27-14-16-6-4-3-5-7-16)28-15-19(29)17-8-10-18(11-9-17)31-21(23)24/h3-11,19,21,29H,2,12-15H2,1H3,(H,27,30)(H2,25,26,28). The Balaban J connectivity index is 1.77. The van der Waals surface area contributed by atoms with Crippen LogP contribution >= 0.6 is 0 Å². The molecular weight excluding hydrogens is 406 g/mol. The minimum Gasteiger partial charge on any atom is -0.435 e. The van der Waals surface area contributed by atoms with Gasteiger partial charge in [0.05, 0.1) is 12.6 Å². The van der Waals surface area contributed by atoms with Crippen molar-refractivity contribution >= 4 is 11.9 Å². The molecule has 0 aromatic heterocycles. The maximum absolute atomic E-state index is 12.2. The highest BCUT2D eigenvalue weighted by Gasteiger charge is 2.10. The first-order chi connectivity index (χ1) is 15.0. The maximum atomic E-state index is 12.2. The average molecular weight is 434 g/mol. The fraction of sp³-hybridized carbons (Fsp3) is 0.364. The fourth-order valence-electron chi connectivity index (χ4n) is 2.68. The molecule has 2 rings (SSSR count). The summed E-state index contributed by atoms with van der Waals surface area (Å²) in [5.41, 5.74) is 1.56. The van der Waals surface area contributed by atoms with Crippen molar-refractivity contribution in [1.82, 2.24) is 16.0 Å². The van der Waals surface area contributed by atoms with Gasteiger partial charge in [0.1, 0.15) is 5.75 Å². The third kappa shape index (κ3) is 9.43. The molecule has 0 aliphatic carbocycles. The summed E-state index contributed by atoms with van der Waals surface area (Å²) >= 11 is 0. The van der Waals surface area contributed by atoms with Crippen molar-refractivity contribution in [2.75, 3.05) is 19.6 Å². The van der Waals surface area contributed by atoms with Crippen LogP contribution < -0.4 is 20.7 Å². The molecule has 0 heterocycles. The summed E-state index contributed by atoms with van der Waals surface area (Å²) in [6.07, 6.45) is -0.643. The number of benzene rings is 2. The first-order valence-electron chi connectivity index (χ1n) is 10.0. The van der Waals surface area contributed by atoms with E-state index in [4.69, 9.17) is 0 Å². The van der Waals surface area contributed by atoms with Crippen molar-refractivity contribution in [2.45, 2.75) is 32.6 Å². The molecule has 1 amide bonds. The number of alkyl halides is 2. The second kappa shape index (κ2) is 13.2. The summed E-state index contributed by atoms with van der Waals surface area (Å²) in [4.78, 5) is 16.3. The molecule has 0 radical (unpaired) electrons. The first-order valence-corrected chi connectivity index (χ1v) is 10.0. The van der Waals surface area contributed by atoms with Crippen molar-refractivity contribution in [1.29, 1.82) is 0 Å². The molecule has 2 aromatic carbocycles. The number of aliphatic hydroxyl groups is 1. The van der Waals surface area contributed by atoms with E-state index >= 15 is 0 Å². The Morgan fingerprint density at radius 1 is 1.06 bits per heavy atom. The summed E-state index contributed by atoms with van der Waals surface area (Å²) in [5.74, 6) is 0.406.